The van der Waals surface area contributed by atoms with Gasteiger partial charge in [0.25, 0.3) is 0 Å². The Labute approximate surface area is 105 Å². The standard InChI is InChI=1S/C10H13N5OS/c1-8(16)15(10(17)14(2)3)13-7-9-6-11-4-5-12-9/h4-7H,1-3H3/b13-7+. The maximum absolute atomic E-state index is 11.4. The van der Waals surface area contributed by atoms with Crippen LogP contribution >= 0.6 is 12.2 Å². The predicted molar refractivity (Wildman–Crippen MR) is 68.4 cm³/mol. The van der Waals surface area contributed by atoms with Crippen molar-refractivity contribution in [2.75, 3.05) is 14.1 Å². The number of nitrogens with zero attached hydrogens (tertiary/aromatic N) is 5. The van der Waals surface area contributed by atoms with E-state index in [0.29, 0.717) is 10.8 Å². The average Bonchev–Trinajstić information content (AvgIpc) is 2.29. The molecule has 1 rings (SSSR count). The van der Waals surface area contributed by atoms with Crippen LogP contribution in [-0.2, 0) is 4.79 Å². The predicted octanol–water partition coefficient (Wildman–Crippen LogP) is 0.506. The van der Waals surface area contributed by atoms with E-state index in [2.05, 4.69) is 15.1 Å². The fourth-order valence-electron chi connectivity index (χ4n) is 0.949. The summed E-state index contributed by atoms with van der Waals surface area (Å²) in [6.45, 7) is 1.39. The highest BCUT2D eigenvalue weighted by molar-refractivity contribution is 7.80. The molecule has 1 amide bonds. The molecular formula is C10H13N5OS. The number of hydrogen-bond donors (Lipinski definition) is 0. The lowest BCUT2D eigenvalue weighted by atomic mass is 10.5. The van der Waals surface area contributed by atoms with Gasteiger partial charge in [0.15, 0.2) is 5.11 Å². The second-order valence-electron chi connectivity index (χ2n) is 3.38. The Balaban J connectivity index is 2.85. The van der Waals surface area contributed by atoms with Crippen LogP contribution in [0.4, 0.5) is 0 Å². The van der Waals surface area contributed by atoms with Crippen LogP contribution in [0.5, 0.6) is 0 Å². The molecule has 1 aromatic heterocycles. The summed E-state index contributed by atoms with van der Waals surface area (Å²) in [5.74, 6) is -0.260. The highest BCUT2D eigenvalue weighted by Gasteiger charge is 2.14. The molecule has 1 heterocycles. The molecule has 90 valence electrons. The van der Waals surface area contributed by atoms with Crippen molar-refractivity contribution in [2.45, 2.75) is 6.92 Å². The van der Waals surface area contributed by atoms with Gasteiger partial charge in [-0.05, 0) is 12.2 Å². The number of carbonyl (C=O) groups is 1. The molecule has 0 saturated carbocycles. The lowest BCUT2D eigenvalue weighted by Crippen LogP contribution is -2.38. The highest BCUT2D eigenvalue weighted by atomic mass is 32.1. The van der Waals surface area contributed by atoms with E-state index in [1.54, 1.807) is 37.6 Å². The van der Waals surface area contributed by atoms with Crippen LogP contribution in [0, 0.1) is 0 Å². The van der Waals surface area contributed by atoms with Gasteiger partial charge in [0, 0.05) is 33.4 Å². The summed E-state index contributed by atoms with van der Waals surface area (Å²) < 4.78 is 0. The summed E-state index contributed by atoms with van der Waals surface area (Å²) in [4.78, 5) is 20.9. The van der Waals surface area contributed by atoms with Crippen LogP contribution in [0.2, 0.25) is 0 Å². The molecule has 0 aliphatic carbocycles. The number of carbonyl (C=O) groups excluding carboxylic acids is 1. The van der Waals surface area contributed by atoms with Gasteiger partial charge in [-0.2, -0.15) is 10.1 Å². The van der Waals surface area contributed by atoms with Crippen LogP contribution in [0.3, 0.4) is 0 Å². The van der Waals surface area contributed by atoms with Crippen LogP contribution in [-0.4, -0.2) is 51.2 Å². The third-order valence-corrected chi connectivity index (χ3v) is 2.29. The monoisotopic (exact) mass is 251 g/mol. The van der Waals surface area contributed by atoms with Gasteiger partial charge < -0.3 is 4.90 Å². The molecule has 7 heteroatoms. The summed E-state index contributed by atoms with van der Waals surface area (Å²) >= 11 is 5.07. The molecule has 0 saturated heterocycles. The smallest absolute Gasteiger partial charge is 0.246 e. The zero-order valence-electron chi connectivity index (χ0n) is 9.86. The summed E-state index contributed by atoms with van der Waals surface area (Å²) in [5.41, 5.74) is 0.556. The Morgan fingerprint density at radius 2 is 2.18 bits per heavy atom. The van der Waals surface area contributed by atoms with Crippen molar-refractivity contribution in [3.05, 3.63) is 24.3 Å². The Bertz CT molecular complexity index is 432. The lowest BCUT2D eigenvalue weighted by Gasteiger charge is -2.21. The fourth-order valence-corrected chi connectivity index (χ4v) is 1.12. The fraction of sp³-hybridized carbons (Fsp3) is 0.300. The first-order valence-electron chi connectivity index (χ1n) is 4.84. The minimum atomic E-state index is -0.260. The number of amides is 1. The number of aromatic nitrogens is 2. The van der Waals surface area contributed by atoms with Crippen LogP contribution in [0.15, 0.2) is 23.7 Å². The van der Waals surface area contributed by atoms with Crippen molar-refractivity contribution in [2.24, 2.45) is 5.10 Å². The normalized spacial score (nSPS) is 10.3. The number of rotatable bonds is 2. The first kappa shape index (κ1) is 13.2. The van der Waals surface area contributed by atoms with Crippen molar-refractivity contribution in [3.8, 4) is 0 Å². The van der Waals surface area contributed by atoms with Crippen molar-refractivity contribution < 1.29 is 4.79 Å². The molecule has 0 N–H and O–H groups in total. The zero-order chi connectivity index (χ0) is 12.8. The van der Waals surface area contributed by atoms with E-state index in [9.17, 15) is 4.79 Å². The molecule has 0 fully saturated rings. The third-order valence-electron chi connectivity index (χ3n) is 1.75. The Kier molecular flexibility index (Phi) is 4.65. The summed E-state index contributed by atoms with van der Waals surface area (Å²) in [6.07, 6.45) is 6.08. The molecule has 1 aromatic rings. The van der Waals surface area contributed by atoms with E-state index >= 15 is 0 Å². The summed E-state index contributed by atoms with van der Waals surface area (Å²) in [7, 11) is 3.49. The minimum Gasteiger partial charge on any atom is -0.353 e. The largest absolute Gasteiger partial charge is 0.353 e. The van der Waals surface area contributed by atoms with Gasteiger partial charge in [-0.3, -0.25) is 14.8 Å². The SMILES string of the molecule is CC(=O)N(/N=C/c1cnccn1)C(=S)N(C)C. The minimum absolute atomic E-state index is 0.260. The Morgan fingerprint density at radius 3 is 2.65 bits per heavy atom. The van der Waals surface area contributed by atoms with Crippen molar-refractivity contribution >= 4 is 29.5 Å². The Morgan fingerprint density at radius 1 is 1.47 bits per heavy atom. The molecule has 0 spiro atoms. The second kappa shape index (κ2) is 6.00. The summed E-state index contributed by atoms with van der Waals surface area (Å²) in [5, 5.41) is 5.43. The maximum atomic E-state index is 11.4. The maximum Gasteiger partial charge on any atom is 0.246 e. The van der Waals surface area contributed by atoms with Crippen LogP contribution in [0.25, 0.3) is 0 Å². The van der Waals surface area contributed by atoms with Crippen LogP contribution < -0.4 is 0 Å². The number of hydrazone groups is 1. The molecule has 0 atom stereocenters. The van der Waals surface area contributed by atoms with Crippen molar-refractivity contribution in [1.29, 1.82) is 0 Å². The molecular weight excluding hydrogens is 238 g/mol. The van der Waals surface area contributed by atoms with Gasteiger partial charge >= 0.3 is 0 Å². The van der Waals surface area contributed by atoms with Gasteiger partial charge in [0.1, 0.15) is 5.69 Å². The zero-order valence-corrected chi connectivity index (χ0v) is 10.7. The van der Waals surface area contributed by atoms with E-state index in [4.69, 9.17) is 12.2 Å². The van der Waals surface area contributed by atoms with Crippen LogP contribution in [0.1, 0.15) is 12.6 Å². The van der Waals surface area contributed by atoms with E-state index in [1.807, 2.05) is 0 Å². The van der Waals surface area contributed by atoms with Gasteiger partial charge in [-0.1, -0.05) is 0 Å². The van der Waals surface area contributed by atoms with E-state index in [0.717, 1.165) is 5.01 Å². The van der Waals surface area contributed by atoms with Crippen molar-refractivity contribution in [1.82, 2.24) is 19.9 Å². The van der Waals surface area contributed by atoms with Gasteiger partial charge in [0.05, 0.1) is 12.4 Å². The van der Waals surface area contributed by atoms with E-state index in [-0.39, 0.29) is 5.91 Å². The molecule has 0 radical (unpaired) electrons. The third kappa shape index (κ3) is 3.87. The molecule has 0 aliphatic heterocycles. The molecule has 0 bridgehead atoms. The first-order chi connectivity index (χ1) is 8.02. The topological polar surface area (TPSA) is 61.7 Å². The second-order valence-corrected chi connectivity index (χ2v) is 3.75. The summed E-state index contributed by atoms with van der Waals surface area (Å²) in [6, 6.07) is 0. The molecule has 0 aliphatic rings. The average molecular weight is 251 g/mol. The van der Waals surface area contributed by atoms with E-state index < -0.39 is 0 Å². The molecule has 6 nitrogen and oxygen atoms in total. The quantitative estimate of drug-likeness (QED) is 0.435. The highest BCUT2D eigenvalue weighted by Crippen LogP contribution is 1.98. The lowest BCUT2D eigenvalue weighted by molar-refractivity contribution is -0.125. The number of thiocarbonyl (C=S) groups is 1. The van der Waals surface area contributed by atoms with Gasteiger partial charge in [0.2, 0.25) is 5.91 Å². The van der Waals surface area contributed by atoms with Crippen molar-refractivity contribution in [3.63, 3.8) is 0 Å². The van der Waals surface area contributed by atoms with Gasteiger partial charge in [-0.15, -0.1) is 0 Å². The van der Waals surface area contributed by atoms with Gasteiger partial charge in [-0.25, -0.2) is 0 Å². The molecule has 0 unspecified atom stereocenters. The number of hydrogen-bond acceptors (Lipinski definition) is 5. The molecule has 0 aromatic carbocycles. The molecule has 17 heavy (non-hydrogen) atoms. The first-order valence-corrected chi connectivity index (χ1v) is 5.25. The Hall–Kier alpha value is -1.89. The van der Waals surface area contributed by atoms with E-state index in [1.165, 1.54) is 13.1 Å².